The lowest BCUT2D eigenvalue weighted by Gasteiger charge is -2.31. The SMILES string of the molecule is Cc1cc(C)c(C(=O)C2CCN(CC(=O)c3ccc(NS(C)(=O)=O)cc3)CC2)c(C)c1.Cl. The number of hydrogen-bond donors (Lipinski definition) is 1. The summed E-state index contributed by atoms with van der Waals surface area (Å²) < 4.78 is 25.0. The number of nitrogens with zero attached hydrogens (tertiary/aromatic N) is 1. The highest BCUT2D eigenvalue weighted by molar-refractivity contribution is 7.92. The molecule has 0 saturated carbocycles. The molecule has 8 heteroatoms. The molecule has 0 radical (unpaired) electrons. The molecule has 3 rings (SSSR count). The van der Waals surface area contributed by atoms with Gasteiger partial charge in [-0.25, -0.2) is 8.42 Å². The number of halogens is 1. The molecule has 174 valence electrons. The summed E-state index contributed by atoms with van der Waals surface area (Å²) in [4.78, 5) is 27.8. The largest absolute Gasteiger partial charge is 0.296 e. The number of nitrogens with one attached hydrogen (secondary N) is 1. The predicted octanol–water partition coefficient (Wildman–Crippen LogP) is 4.18. The number of hydrogen-bond acceptors (Lipinski definition) is 5. The summed E-state index contributed by atoms with van der Waals surface area (Å²) in [5.41, 5.74) is 5.06. The average molecular weight is 479 g/mol. The normalized spacial score (nSPS) is 15.1. The fraction of sp³-hybridized carbons (Fsp3) is 0.417. The van der Waals surface area contributed by atoms with Gasteiger partial charge in [0.15, 0.2) is 11.6 Å². The summed E-state index contributed by atoms with van der Waals surface area (Å²) in [6, 6.07) is 10.6. The van der Waals surface area contributed by atoms with Crippen LogP contribution in [-0.4, -0.2) is 50.8 Å². The quantitative estimate of drug-likeness (QED) is 0.603. The number of Topliss-reactive ketones (excluding diaryl/α,β-unsaturated/α-hetero) is 2. The summed E-state index contributed by atoms with van der Waals surface area (Å²) in [5, 5.41) is 0. The standard InChI is InChI=1S/C24H30N2O4S.ClH/c1-16-13-17(2)23(18(3)14-16)24(28)20-9-11-26(12-10-20)15-22(27)19-5-7-21(8-6-19)25-31(4,29)30;/h5-8,13-14,20,25H,9-12,15H2,1-4H3;1H. The van der Waals surface area contributed by atoms with E-state index >= 15 is 0 Å². The summed E-state index contributed by atoms with van der Waals surface area (Å²) in [5.74, 6) is 0.198. The highest BCUT2D eigenvalue weighted by atomic mass is 35.5. The van der Waals surface area contributed by atoms with E-state index in [9.17, 15) is 18.0 Å². The molecule has 2 aromatic carbocycles. The predicted molar refractivity (Wildman–Crippen MR) is 131 cm³/mol. The van der Waals surface area contributed by atoms with E-state index < -0.39 is 10.0 Å². The van der Waals surface area contributed by atoms with Crippen LogP contribution in [0.25, 0.3) is 0 Å². The van der Waals surface area contributed by atoms with Crippen molar-refractivity contribution in [3.8, 4) is 0 Å². The number of benzene rings is 2. The molecule has 0 aliphatic carbocycles. The van der Waals surface area contributed by atoms with Crippen LogP contribution in [0.2, 0.25) is 0 Å². The van der Waals surface area contributed by atoms with Crippen LogP contribution in [0.15, 0.2) is 36.4 Å². The van der Waals surface area contributed by atoms with Crippen molar-refractivity contribution >= 4 is 39.7 Å². The van der Waals surface area contributed by atoms with Crippen molar-refractivity contribution in [2.75, 3.05) is 30.6 Å². The Kier molecular flexibility index (Phi) is 8.62. The van der Waals surface area contributed by atoms with Gasteiger partial charge < -0.3 is 0 Å². The molecule has 1 N–H and O–H groups in total. The molecule has 0 aromatic heterocycles. The molecular formula is C24H31ClN2O4S. The maximum Gasteiger partial charge on any atom is 0.229 e. The summed E-state index contributed by atoms with van der Waals surface area (Å²) in [6.45, 7) is 7.75. The molecule has 1 aliphatic heterocycles. The number of carbonyl (C=O) groups excluding carboxylic acids is 2. The molecule has 1 saturated heterocycles. The van der Waals surface area contributed by atoms with Gasteiger partial charge in [-0.05, 0) is 82.1 Å². The smallest absolute Gasteiger partial charge is 0.229 e. The average Bonchev–Trinajstić information content (AvgIpc) is 2.67. The van der Waals surface area contributed by atoms with Crippen molar-refractivity contribution in [2.45, 2.75) is 33.6 Å². The third kappa shape index (κ3) is 6.64. The Morgan fingerprint density at radius 3 is 2.03 bits per heavy atom. The highest BCUT2D eigenvalue weighted by Gasteiger charge is 2.28. The van der Waals surface area contributed by atoms with Gasteiger partial charge >= 0.3 is 0 Å². The van der Waals surface area contributed by atoms with Crippen molar-refractivity contribution < 1.29 is 18.0 Å². The van der Waals surface area contributed by atoms with Crippen LogP contribution in [0.3, 0.4) is 0 Å². The monoisotopic (exact) mass is 478 g/mol. The minimum absolute atomic E-state index is 0. The molecule has 0 atom stereocenters. The lowest BCUT2D eigenvalue weighted by molar-refractivity contribution is 0.0804. The third-order valence-electron chi connectivity index (χ3n) is 5.76. The van der Waals surface area contributed by atoms with E-state index in [0.29, 0.717) is 30.9 Å². The molecule has 0 unspecified atom stereocenters. The molecule has 1 fully saturated rings. The second-order valence-corrected chi connectivity index (χ2v) is 10.3. The fourth-order valence-electron chi connectivity index (χ4n) is 4.36. The van der Waals surface area contributed by atoms with Gasteiger partial charge in [0.1, 0.15) is 0 Å². The van der Waals surface area contributed by atoms with Crippen molar-refractivity contribution in [3.05, 3.63) is 64.2 Å². The summed E-state index contributed by atoms with van der Waals surface area (Å²) in [7, 11) is -3.34. The fourth-order valence-corrected chi connectivity index (χ4v) is 4.92. The second-order valence-electron chi connectivity index (χ2n) is 8.56. The Morgan fingerprint density at radius 1 is 1.00 bits per heavy atom. The molecule has 32 heavy (non-hydrogen) atoms. The van der Waals surface area contributed by atoms with Crippen molar-refractivity contribution in [1.29, 1.82) is 0 Å². The highest BCUT2D eigenvalue weighted by Crippen LogP contribution is 2.26. The van der Waals surface area contributed by atoms with Crippen LogP contribution in [0.1, 0.15) is 50.2 Å². The van der Waals surface area contributed by atoms with E-state index in [1.165, 1.54) is 5.56 Å². The van der Waals surface area contributed by atoms with Crippen LogP contribution in [0.4, 0.5) is 5.69 Å². The number of sulfonamides is 1. The van der Waals surface area contributed by atoms with E-state index in [1.54, 1.807) is 24.3 Å². The number of ketones is 2. The molecule has 6 nitrogen and oxygen atoms in total. The molecule has 1 aliphatic rings. The zero-order valence-electron chi connectivity index (χ0n) is 19.0. The van der Waals surface area contributed by atoms with Crippen LogP contribution >= 0.6 is 12.4 Å². The summed E-state index contributed by atoms with van der Waals surface area (Å²) >= 11 is 0. The van der Waals surface area contributed by atoms with Crippen LogP contribution in [-0.2, 0) is 10.0 Å². The van der Waals surface area contributed by atoms with Gasteiger partial charge in [0.05, 0.1) is 12.8 Å². The first kappa shape index (κ1) is 26.0. The number of anilines is 1. The lowest BCUT2D eigenvalue weighted by atomic mass is 9.85. The Bertz CT molecular complexity index is 1070. The number of aryl methyl sites for hydroxylation is 3. The Labute approximate surface area is 196 Å². The zero-order valence-corrected chi connectivity index (χ0v) is 20.6. The Morgan fingerprint density at radius 2 is 1.53 bits per heavy atom. The second kappa shape index (κ2) is 10.6. The van der Waals surface area contributed by atoms with Crippen LogP contribution in [0.5, 0.6) is 0 Å². The molecule has 0 spiro atoms. The lowest BCUT2D eigenvalue weighted by Crippen LogP contribution is -2.39. The van der Waals surface area contributed by atoms with Gasteiger partial charge in [-0.1, -0.05) is 17.7 Å². The molecular weight excluding hydrogens is 448 g/mol. The van der Waals surface area contributed by atoms with E-state index in [4.69, 9.17) is 0 Å². The maximum absolute atomic E-state index is 13.1. The molecule has 2 aromatic rings. The van der Waals surface area contributed by atoms with E-state index in [2.05, 4.69) is 21.8 Å². The minimum atomic E-state index is -3.34. The van der Waals surface area contributed by atoms with Crippen LogP contribution in [0, 0.1) is 26.7 Å². The molecule has 0 amide bonds. The zero-order chi connectivity index (χ0) is 22.8. The van der Waals surface area contributed by atoms with E-state index in [-0.39, 0.29) is 29.9 Å². The van der Waals surface area contributed by atoms with E-state index in [1.807, 2.05) is 20.8 Å². The van der Waals surface area contributed by atoms with Crippen molar-refractivity contribution in [1.82, 2.24) is 4.90 Å². The third-order valence-corrected chi connectivity index (χ3v) is 6.37. The summed E-state index contributed by atoms with van der Waals surface area (Å²) in [6.07, 6.45) is 2.58. The topological polar surface area (TPSA) is 83.6 Å². The van der Waals surface area contributed by atoms with Gasteiger partial charge in [-0.2, -0.15) is 0 Å². The van der Waals surface area contributed by atoms with Gasteiger partial charge in [0, 0.05) is 22.7 Å². The number of piperidine rings is 1. The number of rotatable bonds is 7. The van der Waals surface area contributed by atoms with E-state index in [0.717, 1.165) is 35.8 Å². The van der Waals surface area contributed by atoms with Crippen molar-refractivity contribution in [2.24, 2.45) is 5.92 Å². The maximum atomic E-state index is 13.1. The first-order valence-corrected chi connectivity index (χ1v) is 12.4. The van der Waals surface area contributed by atoms with Crippen molar-refractivity contribution in [3.63, 3.8) is 0 Å². The van der Waals surface area contributed by atoms with Gasteiger partial charge in [0.2, 0.25) is 10.0 Å². The first-order chi connectivity index (χ1) is 14.5. The Balaban J connectivity index is 0.00000363. The first-order valence-electron chi connectivity index (χ1n) is 10.5. The van der Waals surface area contributed by atoms with Gasteiger partial charge in [0.25, 0.3) is 0 Å². The van der Waals surface area contributed by atoms with Gasteiger partial charge in [-0.3, -0.25) is 19.2 Å². The van der Waals surface area contributed by atoms with Crippen LogP contribution < -0.4 is 4.72 Å². The minimum Gasteiger partial charge on any atom is -0.296 e. The number of likely N-dealkylation sites (tertiary alicyclic amines) is 1. The number of carbonyl (C=O) groups is 2. The van der Waals surface area contributed by atoms with Gasteiger partial charge in [-0.15, -0.1) is 12.4 Å². The Hall–Kier alpha value is -2.22. The molecule has 1 heterocycles. The molecule has 0 bridgehead atoms.